The van der Waals surface area contributed by atoms with Gasteiger partial charge in [0.2, 0.25) is 11.8 Å². The van der Waals surface area contributed by atoms with Gasteiger partial charge in [-0.25, -0.2) is 0 Å². The van der Waals surface area contributed by atoms with Gasteiger partial charge in [-0.1, -0.05) is 43.1 Å². The van der Waals surface area contributed by atoms with E-state index in [1.807, 2.05) is 35.9 Å². The zero-order chi connectivity index (χ0) is 24.1. The highest BCUT2D eigenvalue weighted by Gasteiger charge is 2.43. The quantitative estimate of drug-likeness (QED) is 0.656. The van der Waals surface area contributed by atoms with Crippen LogP contribution in [-0.2, 0) is 22.6 Å². The maximum atomic E-state index is 13.6. The van der Waals surface area contributed by atoms with Crippen molar-refractivity contribution < 1.29 is 14.3 Å². The van der Waals surface area contributed by atoms with Crippen LogP contribution in [0.15, 0.2) is 36.7 Å². The third-order valence-corrected chi connectivity index (χ3v) is 7.52. The molecule has 1 saturated heterocycles. The van der Waals surface area contributed by atoms with Crippen molar-refractivity contribution in [3.63, 3.8) is 0 Å². The van der Waals surface area contributed by atoms with E-state index in [9.17, 15) is 9.59 Å². The molecular weight excluding hydrogens is 452 g/mol. The highest BCUT2D eigenvalue weighted by atomic mass is 35.5. The molecule has 0 radical (unpaired) electrons. The molecule has 2 amide bonds. The van der Waals surface area contributed by atoms with Crippen LogP contribution >= 0.6 is 11.6 Å². The summed E-state index contributed by atoms with van der Waals surface area (Å²) in [6.45, 7) is 4.69. The molecule has 4 rings (SSSR count). The molecule has 0 saturated carbocycles. The number of benzene rings is 1. The summed E-state index contributed by atoms with van der Waals surface area (Å²) >= 11 is 5.95. The van der Waals surface area contributed by atoms with Gasteiger partial charge in [-0.05, 0) is 43.7 Å². The Bertz CT molecular complexity index is 999. The molecule has 1 fully saturated rings. The third kappa shape index (κ3) is 5.57. The van der Waals surface area contributed by atoms with Crippen molar-refractivity contribution in [3.8, 4) is 5.75 Å². The topological polar surface area (TPSA) is 67.7 Å². The van der Waals surface area contributed by atoms with E-state index in [0.29, 0.717) is 50.7 Å². The van der Waals surface area contributed by atoms with Gasteiger partial charge in [-0.15, -0.1) is 0 Å². The molecule has 184 valence electrons. The summed E-state index contributed by atoms with van der Waals surface area (Å²) in [5, 5.41) is 4.76. The fraction of sp³-hybridized carbons (Fsp3) is 0.577. The van der Waals surface area contributed by atoms with Gasteiger partial charge in [0.25, 0.3) is 0 Å². The number of hydrogen-bond acceptors (Lipinski definition) is 4. The molecule has 2 aromatic rings. The number of amides is 2. The lowest BCUT2D eigenvalue weighted by Gasteiger charge is -2.43. The van der Waals surface area contributed by atoms with E-state index >= 15 is 0 Å². The van der Waals surface area contributed by atoms with Crippen molar-refractivity contribution in [2.45, 2.75) is 52.0 Å². The Morgan fingerprint density at radius 3 is 2.68 bits per heavy atom. The van der Waals surface area contributed by atoms with Crippen LogP contribution in [-0.4, -0.2) is 64.7 Å². The Morgan fingerprint density at radius 2 is 1.94 bits per heavy atom. The minimum Gasteiger partial charge on any atom is -0.491 e. The van der Waals surface area contributed by atoms with E-state index in [2.05, 4.69) is 17.2 Å². The van der Waals surface area contributed by atoms with Crippen LogP contribution in [0.25, 0.3) is 0 Å². The molecule has 0 bridgehead atoms. The lowest BCUT2D eigenvalue weighted by Crippen LogP contribution is -2.52. The van der Waals surface area contributed by atoms with Gasteiger partial charge in [0.05, 0.1) is 35.6 Å². The maximum Gasteiger partial charge on any atom is 0.228 e. The van der Waals surface area contributed by atoms with Gasteiger partial charge in [-0.3, -0.25) is 14.3 Å². The number of ether oxygens (including phenoxy) is 1. The van der Waals surface area contributed by atoms with Crippen molar-refractivity contribution >= 4 is 23.4 Å². The number of aryl methyl sites for hydroxylation is 1. The average Bonchev–Trinajstić information content (AvgIpc) is 3.25. The Morgan fingerprint density at radius 1 is 1.18 bits per heavy atom. The molecule has 1 unspecified atom stereocenters. The molecular formula is C26H35ClN4O3. The number of hydrogen-bond donors (Lipinski definition) is 0. The van der Waals surface area contributed by atoms with Crippen LogP contribution in [0.1, 0.15) is 44.6 Å². The Labute approximate surface area is 207 Å². The van der Waals surface area contributed by atoms with E-state index in [4.69, 9.17) is 16.3 Å². The predicted molar refractivity (Wildman–Crippen MR) is 132 cm³/mol. The van der Waals surface area contributed by atoms with Crippen LogP contribution in [0.5, 0.6) is 5.75 Å². The number of piperidine rings is 1. The van der Waals surface area contributed by atoms with Gasteiger partial charge >= 0.3 is 0 Å². The number of likely N-dealkylation sites (tertiary alicyclic amines) is 1. The van der Waals surface area contributed by atoms with Gasteiger partial charge in [0, 0.05) is 26.3 Å². The van der Waals surface area contributed by atoms with Crippen LogP contribution in [0.3, 0.4) is 0 Å². The van der Waals surface area contributed by atoms with Crippen molar-refractivity contribution in [3.05, 3.63) is 47.2 Å². The summed E-state index contributed by atoms with van der Waals surface area (Å²) in [6, 6.07) is 8.20. The van der Waals surface area contributed by atoms with E-state index in [1.165, 1.54) is 5.56 Å². The highest BCUT2D eigenvalue weighted by Crippen LogP contribution is 2.39. The first-order valence-corrected chi connectivity index (χ1v) is 12.7. The predicted octanol–water partition coefficient (Wildman–Crippen LogP) is 4.05. The van der Waals surface area contributed by atoms with Gasteiger partial charge in [0.15, 0.2) is 0 Å². The molecule has 3 heterocycles. The Kier molecular flexibility index (Phi) is 7.81. The number of para-hydroxylation sites is 1. The first kappa shape index (κ1) is 24.6. The van der Waals surface area contributed by atoms with E-state index < -0.39 is 5.41 Å². The van der Waals surface area contributed by atoms with Gasteiger partial charge in [-0.2, -0.15) is 5.10 Å². The highest BCUT2D eigenvalue weighted by molar-refractivity contribution is 6.30. The molecule has 1 spiro atoms. The van der Waals surface area contributed by atoms with E-state index in [0.717, 1.165) is 31.4 Å². The number of likely N-dealkylation sites (N-methyl/N-ethyl adjacent to an activating group) is 1. The fourth-order valence-electron chi connectivity index (χ4n) is 5.26. The second-order valence-electron chi connectivity index (χ2n) is 9.78. The van der Waals surface area contributed by atoms with Crippen molar-refractivity contribution in [2.24, 2.45) is 11.3 Å². The van der Waals surface area contributed by atoms with Gasteiger partial charge < -0.3 is 14.5 Å². The molecule has 1 aromatic heterocycles. The van der Waals surface area contributed by atoms with Crippen molar-refractivity contribution in [2.75, 3.05) is 33.3 Å². The van der Waals surface area contributed by atoms with Crippen LogP contribution in [0.4, 0.5) is 0 Å². The summed E-state index contributed by atoms with van der Waals surface area (Å²) in [4.78, 5) is 30.4. The molecule has 34 heavy (non-hydrogen) atoms. The van der Waals surface area contributed by atoms with E-state index in [-0.39, 0.29) is 17.7 Å². The van der Waals surface area contributed by atoms with Crippen LogP contribution in [0.2, 0.25) is 5.02 Å². The Balaban J connectivity index is 1.39. The van der Waals surface area contributed by atoms with Gasteiger partial charge in [0.1, 0.15) is 12.4 Å². The maximum absolute atomic E-state index is 13.6. The minimum absolute atomic E-state index is 0.112. The zero-order valence-electron chi connectivity index (χ0n) is 20.2. The number of rotatable bonds is 3. The number of carbonyl (C=O) groups is 2. The first-order valence-electron chi connectivity index (χ1n) is 12.3. The molecule has 0 aliphatic carbocycles. The summed E-state index contributed by atoms with van der Waals surface area (Å²) in [5.41, 5.74) is 0.835. The van der Waals surface area contributed by atoms with Crippen molar-refractivity contribution in [1.82, 2.24) is 19.6 Å². The molecule has 7 nitrogen and oxygen atoms in total. The van der Waals surface area contributed by atoms with Crippen LogP contribution < -0.4 is 4.74 Å². The second kappa shape index (κ2) is 10.8. The molecule has 8 heteroatoms. The molecule has 2 aliphatic heterocycles. The lowest BCUT2D eigenvalue weighted by atomic mass is 9.73. The second-order valence-corrected chi connectivity index (χ2v) is 10.2. The summed E-state index contributed by atoms with van der Waals surface area (Å²) in [5.74, 6) is 1.03. The smallest absolute Gasteiger partial charge is 0.228 e. The van der Waals surface area contributed by atoms with Crippen LogP contribution in [0, 0.1) is 11.3 Å². The summed E-state index contributed by atoms with van der Waals surface area (Å²) in [7, 11) is 1.87. The molecule has 1 aromatic carbocycles. The molecule has 0 N–H and O–H groups in total. The Hall–Kier alpha value is -2.54. The fourth-order valence-corrected chi connectivity index (χ4v) is 5.42. The lowest BCUT2D eigenvalue weighted by molar-refractivity contribution is -0.149. The van der Waals surface area contributed by atoms with E-state index in [1.54, 1.807) is 17.1 Å². The molecule has 1 atom stereocenters. The largest absolute Gasteiger partial charge is 0.491 e. The zero-order valence-corrected chi connectivity index (χ0v) is 21.0. The minimum atomic E-state index is -0.400. The molecule has 2 aliphatic rings. The summed E-state index contributed by atoms with van der Waals surface area (Å²) in [6.07, 6.45) is 8.55. The normalized spacial score (nSPS) is 20.1. The monoisotopic (exact) mass is 486 g/mol. The SMILES string of the molecule is CC(Cn1cc(Cl)cn1)C(=O)N1CCC2(CCCCc3ccccc3OCCN(C)C2=O)CC1. The first-order chi connectivity index (χ1) is 16.4. The number of halogens is 1. The van der Waals surface area contributed by atoms with Crippen molar-refractivity contribution in [1.29, 1.82) is 0 Å². The number of carbonyl (C=O) groups excluding carboxylic acids is 2. The number of fused-ring (bicyclic) bond motifs is 1. The number of aromatic nitrogens is 2. The average molecular weight is 487 g/mol. The number of nitrogens with zero attached hydrogens (tertiary/aromatic N) is 4. The summed E-state index contributed by atoms with van der Waals surface area (Å²) < 4.78 is 7.73. The third-order valence-electron chi connectivity index (χ3n) is 7.33. The standard InChI is InChI=1S/C26H35ClN4O3/c1-20(18-31-19-22(27)17-28-31)24(32)30-13-11-26(12-14-30)10-6-5-8-21-7-3-4-9-23(21)34-16-15-29(2)25(26)33/h3-4,7,9,17,19-20H,5-6,8,10-16,18H2,1-2H3.